The molecule has 0 aromatic heterocycles. The van der Waals surface area contributed by atoms with Crippen LogP contribution in [0.4, 0.5) is 4.39 Å². The van der Waals surface area contributed by atoms with Gasteiger partial charge in [0.15, 0.2) is 0 Å². The number of aryl methyl sites for hydroxylation is 1. The highest BCUT2D eigenvalue weighted by Crippen LogP contribution is 2.18. The van der Waals surface area contributed by atoms with Crippen molar-refractivity contribution in [3.05, 3.63) is 71.0 Å². The van der Waals surface area contributed by atoms with E-state index < -0.39 is 11.6 Å². The summed E-state index contributed by atoms with van der Waals surface area (Å²) in [5, 5.41) is 2.99. The molecule has 0 aliphatic rings. The van der Waals surface area contributed by atoms with E-state index in [1.807, 2.05) is 52.8 Å². The number of halogens is 1. The molecular weight excluding hydrogens is 411 g/mol. The second kappa shape index (κ2) is 11.3. The van der Waals surface area contributed by atoms with Crippen LogP contribution < -0.4 is 5.32 Å². The van der Waals surface area contributed by atoms with Crippen LogP contribution in [0.25, 0.3) is 0 Å². The summed E-state index contributed by atoms with van der Waals surface area (Å²) in [5.41, 5.74) is 2.75. The number of thioether (sulfide) groups is 1. The van der Waals surface area contributed by atoms with Crippen LogP contribution in [0.5, 0.6) is 0 Å². The monoisotopic (exact) mass is 444 g/mol. The number of hydrogen-bond donors (Lipinski definition) is 1. The van der Waals surface area contributed by atoms with E-state index in [1.165, 1.54) is 35.0 Å². The molecular formula is C25H33FN2O2S. The molecule has 168 valence electrons. The Morgan fingerprint density at radius 1 is 1.10 bits per heavy atom. The molecule has 1 atom stereocenters. The first-order chi connectivity index (χ1) is 14.6. The Bertz CT molecular complexity index is 878. The Kier molecular flexibility index (Phi) is 9.11. The van der Waals surface area contributed by atoms with Crippen molar-refractivity contribution in [2.24, 2.45) is 0 Å². The highest BCUT2D eigenvalue weighted by molar-refractivity contribution is 7.99. The van der Waals surface area contributed by atoms with Gasteiger partial charge in [0.25, 0.3) is 0 Å². The third kappa shape index (κ3) is 8.37. The molecule has 0 bridgehead atoms. The fourth-order valence-electron chi connectivity index (χ4n) is 3.30. The lowest BCUT2D eigenvalue weighted by molar-refractivity contribution is -0.140. The molecule has 1 N–H and O–H groups in total. The van der Waals surface area contributed by atoms with Crippen molar-refractivity contribution in [3.8, 4) is 0 Å². The van der Waals surface area contributed by atoms with E-state index >= 15 is 0 Å². The lowest BCUT2D eigenvalue weighted by atomic mass is 10.1. The maximum absolute atomic E-state index is 13.3. The first-order valence-electron chi connectivity index (χ1n) is 10.6. The van der Waals surface area contributed by atoms with E-state index in [-0.39, 0.29) is 29.9 Å². The Hall–Kier alpha value is -2.34. The summed E-state index contributed by atoms with van der Waals surface area (Å²) in [6, 6.07) is 13.7. The summed E-state index contributed by atoms with van der Waals surface area (Å²) < 4.78 is 13.3. The molecule has 4 nitrogen and oxygen atoms in total. The molecule has 0 heterocycles. The summed E-state index contributed by atoms with van der Waals surface area (Å²) in [5.74, 6) is 0.400. The standard InChI is InChI=1S/C25H33FN2O2S/c1-6-22(24(30)27-25(3,4)5)28(15-19-10-12-21(26)13-11-19)23(29)17-31-16-20-9-7-8-18(2)14-20/h7-14,22H,6,15-17H2,1-5H3,(H,27,30). The highest BCUT2D eigenvalue weighted by Gasteiger charge is 2.30. The summed E-state index contributed by atoms with van der Waals surface area (Å²) in [6.45, 7) is 9.96. The van der Waals surface area contributed by atoms with Crippen LogP contribution in [0.15, 0.2) is 48.5 Å². The Morgan fingerprint density at radius 3 is 2.35 bits per heavy atom. The van der Waals surface area contributed by atoms with E-state index in [1.54, 1.807) is 17.0 Å². The molecule has 2 aromatic carbocycles. The third-order valence-corrected chi connectivity index (χ3v) is 5.72. The van der Waals surface area contributed by atoms with Gasteiger partial charge in [0, 0.05) is 17.8 Å². The summed E-state index contributed by atoms with van der Waals surface area (Å²) >= 11 is 1.53. The van der Waals surface area contributed by atoms with E-state index in [0.29, 0.717) is 6.42 Å². The van der Waals surface area contributed by atoms with Crippen molar-refractivity contribution >= 4 is 23.6 Å². The molecule has 31 heavy (non-hydrogen) atoms. The molecule has 0 saturated heterocycles. The van der Waals surface area contributed by atoms with Gasteiger partial charge in [-0.3, -0.25) is 9.59 Å². The molecule has 0 saturated carbocycles. The third-order valence-electron chi connectivity index (χ3n) is 4.73. The van der Waals surface area contributed by atoms with Gasteiger partial charge < -0.3 is 10.2 Å². The Balaban J connectivity index is 2.15. The summed E-state index contributed by atoms with van der Waals surface area (Å²) in [4.78, 5) is 27.8. The van der Waals surface area contributed by atoms with Crippen LogP contribution in [0, 0.1) is 12.7 Å². The van der Waals surface area contributed by atoms with Crippen LogP contribution in [0.1, 0.15) is 50.8 Å². The zero-order chi connectivity index (χ0) is 23.0. The van der Waals surface area contributed by atoms with Gasteiger partial charge in [-0.25, -0.2) is 4.39 Å². The molecule has 0 spiro atoms. The second-order valence-corrected chi connectivity index (χ2v) is 9.78. The van der Waals surface area contributed by atoms with E-state index in [9.17, 15) is 14.0 Å². The average molecular weight is 445 g/mol. The van der Waals surface area contributed by atoms with Gasteiger partial charge in [-0.1, -0.05) is 48.9 Å². The zero-order valence-electron chi connectivity index (χ0n) is 19.1. The van der Waals surface area contributed by atoms with Crippen molar-refractivity contribution in [3.63, 3.8) is 0 Å². The fraction of sp³-hybridized carbons (Fsp3) is 0.440. The molecule has 2 rings (SSSR count). The number of rotatable bonds is 9. The number of carbonyl (C=O) groups is 2. The van der Waals surface area contributed by atoms with Crippen molar-refractivity contribution in [1.29, 1.82) is 0 Å². The van der Waals surface area contributed by atoms with Gasteiger partial charge in [-0.05, 0) is 57.4 Å². The second-order valence-electron chi connectivity index (χ2n) is 8.79. The molecule has 2 amide bonds. The quantitative estimate of drug-likeness (QED) is 0.586. The molecule has 0 aliphatic carbocycles. The minimum Gasteiger partial charge on any atom is -0.350 e. The number of benzene rings is 2. The lowest BCUT2D eigenvalue weighted by Crippen LogP contribution is -2.53. The fourth-order valence-corrected chi connectivity index (χ4v) is 4.16. The number of nitrogens with one attached hydrogen (secondary N) is 1. The van der Waals surface area contributed by atoms with Crippen LogP contribution in [-0.2, 0) is 21.9 Å². The predicted octanol–water partition coefficient (Wildman–Crippen LogP) is 5.09. The number of amides is 2. The van der Waals surface area contributed by atoms with Gasteiger partial charge in [0.2, 0.25) is 11.8 Å². The van der Waals surface area contributed by atoms with E-state index in [4.69, 9.17) is 0 Å². The topological polar surface area (TPSA) is 49.4 Å². The molecule has 6 heteroatoms. The molecule has 0 fully saturated rings. The van der Waals surface area contributed by atoms with Crippen LogP contribution in [0.2, 0.25) is 0 Å². The maximum Gasteiger partial charge on any atom is 0.243 e. The molecule has 1 unspecified atom stereocenters. The molecule has 0 aliphatic heterocycles. The van der Waals surface area contributed by atoms with Gasteiger partial charge in [-0.15, -0.1) is 11.8 Å². The first-order valence-corrected chi connectivity index (χ1v) is 11.7. The van der Waals surface area contributed by atoms with Crippen molar-refractivity contribution in [1.82, 2.24) is 10.2 Å². The van der Waals surface area contributed by atoms with Gasteiger partial charge >= 0.3 is 0 Å². The largest absolute Gasteiger partial charge is 0.350 e. The minimum atomic E-state index is -0.587. The highest BCUT2D eigenvalue weighted by atomic mass is 32.2. The van der Waals surface area contributed by atoms with Gasteiger partial charge in [0.05, 0.1) is 5.75 Å². The molecule has 2 aromatic rings. The summed E-state index contributed by atoms with van der Waals surface area (Å²) in [6.07, 6.45) is 0.497. The van der Waals surface area contributed by atoms with Crippen LogP contribution in [-0.4, -0.2) is 34.0 Å². The van der Waals surface area contributed by atoms with E-state index in [0.717, 1.165) is 11.3 Å². The van der Waals surface area contributed by atoms with Crippen LogP contribution >= 0.6 is 11.8 Å². The van der Waals surface area contributed by atoms with Crippen molar-refractivity contribution in [2.75, 3.05) is 5.75 Å². The molecule has 0 radical (unpaired) electrons. The number of nitrogens with zero attached hydrogens (tertiary/aromatic N) is 1. The smallest absolute Gasteiger partial charge is 0.243 e. The Morgan fingerprint density at radius 2 is 1.77 bits per heavy atom. The maximum atomic E-state index is 13.3. The van der Waals surface area contributed by atoms with Crippen molar-refractivity contribution < 1.29 is 14.0 Å². The average Bonchev–Trinajstić information content (AvgIpc) is 2.68. The zero-order valence-corrected chi connectivity index (χ0v) is 19.9. The predicted molar refractivity (Wildman–Crippen MR) is 126 cm³/mol. The lowest BCUT2D eigenvalue weighted by Gasteiger charge is -2.33. The Labute approximate surface area is 189 Å². The minimum absolute atomic E-state index is 0.0992. The normalized spacial score (nSPS) is 12.3. The van der Waals surface area contributed by atoms with Crippen LogP contribution in [0.3, 0.4) is 0 Å². The number of hydrogen-bond acceptors (Lipinski definition) is 3. The van der Waals surface area contributed by atoms with Gasteiger partial charge in [0.1, 0.15) is 11.9 Å². The van der Waals surface area contributed by atoms with E-state index in [2.05, 4.69) is 11.4 Å². The first kappa shape index (κ1) is 24.9. The SMILES string of the molecule is CCC(C(=O)NC(C)(C)C)N(Cc1ccc(F)cc1)C(=O)CSCc1cccc(C)c1. The van der Waals surface area contributed by atoms with Crippen molar-refractivity contribution in [2.45, 2.75) is 64.9 Å². The number of carbonyl (C=O) groups excluding carboxylic acids is 2. The summed E-state index contributed by atoms with van der Waals surface area (Å²) in [7, 11) is 0. The van der Waals surface area contributed by atoms with Gasteiger partial charge in [-0.2, -0.15) is 0 Å².